The molecule has 5 aromatic carbocycles. The lowest BCUT2D eigenvalue weighted by atomic mass is 9.82. The minimum absolute atomic E-state index is 0.639. The van der Waals surface area contributed by atoms with Gasteiger partial charge >= 0.3 is 0 Å². The van der Waals surface area contributed by atoms with E-state index in [1.165, 1.54) is 10.6 Å². The van der Waals surface area contributed by atoms with Crippen molar-refractivity contribution in [3.63, 3.8) is 0 Å². The van der Waals surface area contributed by atoms with E-state index in [1.807, 2.05) is 91.0 Å². The summed E-state index contributed by atoms with van der Waals surface area (Å²) in [6.07, 6.45) is 0. The van der Waals surface area contributed by atoms with Crippen LogP contribution in [0.15, 0.2) is 146 Å². The number of rotatable bonds is 6. The van der Waals surface area contributed by atoms with Gasteiger partial charge in [0.15, 0.2) is 5.67 Å². The highest BCUT2D eigenvalue weighted by molar-refractivity contribution is 7.79. The highest BCUT2D eigenvalue weighted by Crippen LogP contribution is 2.44. The van der Waals surface area contributed by atoms with E-state index in [0.29, 0.717) is 16.7 Å². The van der Waals surface area contributed by atoms with Crippen molar-refractivity contribution in [3.05, 3.63) is 162 Å². The standard InChI is InChI=1S/C31H24FP/c32-31(25-15-5-1-6-16-25,26-17-7-2-8-18-26)29-23-13-14-24-30(29)33(27-19-9-3-10-20-27)28-21-11-4-12-22-28/h1-24H. The van der Waals surface area contributed by atoms with Gasteiger partial charge in [0.05, 0.1) is 0 Å². The summed E-state index contributed by atoms with van der Waals surface area (Å²) in [6.45, 7) is 0. The van der Waals surface area contributed by atoms with Crippen molar-refractivity contribution >= 4 is 23.8 Å². The summed E-state index contributed by atoms with van der Waals surface area (Å²) in [4.78, 5) is 0. The van der Waals surface area contributed by atoms with Crippen molar-refractivity contribution in [1.82, 2.24) is 0 Å². The van der Waals surface area contributed by atoms with Crippen LogP contribution in [0, 0.1) is 0 Å². The van der Waals surface area contributed by atoms with E-state index in [1.54, 1.807) is 0 Å². The maximum Gasteiger partial charge on any atom is 0.186 e. The topological polar surface area (TPSA) is 0 Å². The fraction of sp³-hybridized carbons (Fsp3) is 0.0323. The van der Waals surface area contributed by atoms with Crippen molar-refractivity contribution in [2.24, 2.45) is 0 Å². The fourth-order valence-electron chi connectivity index (χ4n) is 4.35. The maximum atomic E-state index is 17.7. The smallest absolute Gasteiger partial charge is 0.186 e. The number of benzene rings is 5. The zero-order valence-corrected chi connectivity index (χ0v) is 19.1. The second-order valence-electron chi connectivity index (χ2n) is 7.91. The molecule has 0 N–H and O–H groups in total. The zero-order valence-electron chi connectivity index (χ0n) is 18.2. The summed E-state index contributed by atoms with van der Waals surface area (Å²) in [7, 11) is -0.952. The largest absolute Gasteiger partial charge is 0.228 e. The lowest BCUT2D eigenvalue weighted by molar-refractivity contribution is 0.282. The zero-order chi connectivity index (χ0) is 22.5. The lowest BCUT2D eigenvalue weighted by Gasteiger charge is -2.32. The lowest BCUT2D eigenvalue weighted by Crippen LogP contribution is -2.32. The summed E-state index contributed by atoms with van der Waals surface area (Å²) >= 11 is 0. The summed E-state index contributed by atoms with van der Waals surface area (Å²) in [5, 5.41) is 3.43. The van der Waals surface area contributed by atoms with Crippen LogP contribution in [-0.2, 0) is 5.67 Å². The average molecular weight is 447 g/mol. The van der Waals surface area contributed by atoms with Gasteiger partial charge in [0, 0.05) is 5.56 Å². The van der Waals surface area contributed by atoms with Crippen LogP contribution in [0.5, 0.6) is 0 Å². The third-order valence-corrected chi connectivity index (χ3v) is 8.39. The van der Waals surface area contributed by atoms with Gasteiger partial charge in [0.1, 0.15) is 0 Å². The number of hydrogen-bond donors (Lipinski definition) is 0. The molecule has 0 saturated heterocycles. The van der Waals surface area contributed by atoms with Gasteiger partial charge in [-0.25, -0.2) is 4.39 Å². The molecule has 5 aromatic rings. The van der Waals surface area contributed by atoms with Gasteiger partial charge in [-0.1, -0.05) is 146 Å². The van der Waals surface area contributed by atoms with Gasteiger partial charge in [-0.2, -0.15) is 0 Å². The van der Waals surface area contributed by atoms with Crippen LogP contribution in [0.4, 0.5) is 4.39 Å². The van der Waals surface area contributed by atoms with E-state index in [0.717, 1.165) is 5.30 Å². The molecule has 0 spiro atoms. The Hall–Kier alpha value is -3.54. The number of alkyl halides is 1. The van der Waals surface area contributed by atoms with Gasteiger partial charge in [0.2, 0.25) is 0 Å². The first-order valence-electron chi connectivity index (χ1n) is 11.1. The summed E-state index contributed by atoms with van der Waals surface area (Å²) in [5.74, 6) is 0. The minimum Gasteiger partial charge on any atom is -0.228 e. The minimum atomic E-state index is -1.77. The molecule has 0 saturated carbocycles. The van der Waals surface area contributed by atoms with E-state index >= 15 is 4.39 Å². The molecule has 0 nitrogen and oxygen atoms in total. The molecule has 5 rings (SSSR count). The van der Waals surface area contributed by atoms with E-state index < -0.39 is 13.6 Å². The molecule has 0 heterocycles. The molecule has 160 valence electrons. The molecular formula is C31H24FP. The van der Waals surface area contributed by atoms with Crippen LogP contribution in [-0.4, -0.2) is 0 Å². The Morgan fingerprint density at radius 1 is 0.424 bits per heavy atom. The van der Waals surface area contributed by atoms with Crippen molar-refractivity contribution < 1.29 is 4.39 Å². The van der Waals surface area contributed by atoms with Crippen molar-refractivity contribution in [2.75, 3.05) is 0 Å². The molecule has 0 radical (unpaired) electrons. The maximum absolute atomic E-state index is 17.7. The Morgan fingerprint density at radius 3 is 1.24 bits per heavy atom. The highest BCUT2D eigenvalue weighted by Gasteiger charge is 2.39. The molecule has 0 atom stereocenters. The van der Waals surface area contributed by atoms with Crippen molar-refractivity contribution in [2.45, 2.75) is 5.67 Å². The van der Waals surface area contributed by atoms with Gasteiger partial charge in [-0.05, 0) is 35.0 Å². The second-order valence-corrected chi connectivity index (χ2v) is 10.1. The molecule has 0 fully saturated rings. The summed E-state index contributed by atoms with van der Waals surface area (Å²) in [5.41, 5.74) is 0.198. The molecule has 0 aliphatic rings. The van der Waals surface area contributed by atoms with E-state index in [4.69, 9.17) is 0 Å². The van der Waals surface area contributed by atoms with Crippen molar-refractivity contribution in [3.8, 4) is 0 Å². The molecule has 0 aromatic heterocycles. The summed E-state index contributed by atoms with van der Waals surface area (Å²) < 4.78 is 17.7. The molecule has 0 aliphatic carbocycles. The Kier molecular flexibility index (Phi) is 6.15. The van der Waals surface area contributed by atoms with E-state index in [2.05, 4.69) is 54.6 Å². The third-order valence-electron chi connectivity index (χ3n) is 5.89. The Morgan fingerprint density at radius 2 is 0.788 bits per heavy atom. The Balaban J connectivity index is 1.80. The number of halogens is 1. The van der Waals surface area contributed by atoms with E-state index in [9.17, 15) is 0 Å². The van der Waals surface area contributed by atoms with Gasteiger partial charge in [0.25, 0.3) is 0 Å². The first-order valence-corrected chi connectivity index (χ1v) is 12.4. The normalized spacial score (nSPS) is 11.5. The van der Waals surface area contributed by atoms with Gasteiger partial charge < -0.3 is 0 Å². The quantitative estimate of drug-likeness (QED) is 0.201. The molecule has 2 heteroatoms. The Labute approximate surface area is 196 Å². The number of hydrogen-bond acceptors (Lipinski definition) is 0. The molecule has 0 unspecified atom stereocenters. The van der Waals surface area contributed by atoms with Gasteiger partial charge in [-0.15, -0.1) is 0 Å². The third kappa shape index (κ3) is 4.13. The van der Waals surface area contributed by atoms with Crippen LogP contribution < -0.4 is 15.9 Å². The predicted octanol–water partition coefficient (Wildman–Crippen LogP) is 6.71. The first kappa shape index (κ1) is 21.3. The molecular weight excluding hydrogens is 422 g/mol. The fourth-order valence-corrected chi connectivity index (χ4v) is 6.85. The molecule has 33 heavy (non-hydrogen) atoms. The summed E-state index contributed by atoms with van der Waals surface area (Å²) in [6, 6.07) is 48.0. The van der Waals surface area contributed by atoms with Gasteiger partial charge in [-0.3, -0.25) is 0 Å². The molecule has 0 aliphatic heterocycles. The van der Waals surface area contributed by atoms with Crippen molar-refractivity contribution in [1.29, 1.82) is 0 Å². The molecule has 0 amide bonds. The monoisotopic (exact) mass is 446 g/mol. The average Bonchev–Trinajstić information content (AvgIpc) is 2.91. The highest BCUT2D eigenvalue weighted by atomic mass is 31.1. The van der Waals surface area contributed by atoms with Crippen LogP contribution in [0.1, 0.15) is 16.7 Å². The van der Waals surface area contributed by atoms with Crippen LogP contribution in [0.3, 0.4) is 0 Å². The Bertz CT molecular complexity index is 1220. The van der Waals surface area contributed by atoms with Crippen LogP contribution in [0.25, 0.3) is 0 Å². The SMILES string of the molecule is FC(c1ccccc1)(c1ccccc1)c1ccccc1P(c1ccccc1)c1ccccc1. The second kappa shape index (κ2) is 9.53. The predicted molar refractivity (Wildman–Crippen MR) is 139 cm³/mol. The van der Waals surface area contributed by atoms with Crippen LogP contribution >= 0.6 is 7.92 Å². The van der Waals surface area contributed by atoms with E-state index in [-0.39, 0.29) is 0 Å². The van der Waals surface area contributed by atoms with Crippen LogP contribution in [0.2, 0.25) is 0 Å². The first-order chi connectivity index (χ1) is 16.3. The molecule has 0 bridgehead atoms.